The number of nitrogens with zero attached hydrogens (tertiary/aromatic N) is 1. The molecule has 22 heavy (non-hydrogen) atoms. The predicted octanol–water partition coefficient (Wildman–Crippen LogP) is 1.93. The molecule has 1 aliphatic heterocycles. The molecule has 0 saturated heterocycles. The van der Waals surface area contributed by atoms with Crippen molar-refractivity contribution in [2.45, 2.75) is 32.4 Å². The predicted molar refractivity (Wildman–Crippen MR) is 87.0 cm³/mol. The van der Waals surface area contributed by atoms with Crippen LogP contribution in [0.15, 0.2) is 24.3 Å². The molecule has 3 amide bonds. The van der Waals surface area contributed by atoms with E-state index >= 15 is 0 Å². The van der Waals surface area contributed by atoms with Crippen LogP contribution in [0.25, 0.3) is 0 Å². The topological polar surface area (TPSA) is 66.5 Å². The zero-order chi connectivity index (χ0) is 16.3. The van der Waals surface area contributed by atoms with E-state index in [1.54, 1.807) is 36.0 Å². The molecule has 118 valence electrons. The second-order valence-corrected chi connectivity index (χ2v) is 6.47. The Bertz CT molecular complexity index is 566. The number of thioether (sulfide) groups is 1. The van der Waals surface area contributed by atoms with Gasteiger partial charge >= 0.3 is 0 Å². The van der Waals surface area contributed by atoms with Crippen LogP contribution in [0, 0.1) is 0 Å². The molecule has 6 heteroatoms. The second kappa shape index (κ2) is 6.96. The third kappa shape index (κ3) is 3.16. The Balaban J connectivity index is 2.30. The van der Waals surface area contributed by atoms with Gasteiger partial charge in [0, 0.05) is 6.04 Å². The highest BCUT2D eigenvalue weighted by atomic mass is 32.2. The van der Waals surface area contributed by atoms with Crippen LogP contribution in [0.2, 0.25) is 0 Å². The van der Waals surface area contributed by atoms with E-state index < -0.39 is 6.04 Å². The molecule has 2 rings (SSSR count). The molecular formula is C16H20N2O3S. The monoisotopic (exact) mass is 320 g/mol. The maximum absolute atomic E-state index is 12.5. The molecule has 5 nitrogen and oxygen atoms in total. The van der Waals surface area contributed by atoms with Crippen LogP contribution in [0.1, 0.15) is 41.0 Å². The van der Waals surface area contributed by atoms with Gasteiger partial charge in [-0.05, 0) is 44.4 Å². The first-order valence-electron chi connectivity index (χ1n) is 7.23. The Hall–Kier alpha value is -1.82. The first-order chi connectivity index (χ1) is 10.5. The minimum absolute atomic E-state index is 0.0422. The lowest BCUT2D eigenvalue weighted by Gasteiger charge is -2.26. The molecular weight excluding hydrogens is 300 g/mol. The zero-order valence-corrected chi connectivity index (χ0v) is 13.8. The lowest BCUT2D eigenvalue weighted by molar-refractivity contribution is -0.125. The molecule has 1 N–H and O–H groups in total. The van der Waals surface area contributed by atoms with Gasteiger partial charge in [0.05, 0.1) is 11.1 Å². The van der Waals surface area contributed by atoms with Gasteiger partial charge in [-0.3, -0.25) is 19.3 Å². The summed E-state index contributed by atoms with van der Waals surface area (Å²) in [7, 11) is 0. The standard InChI is InChI=1S/C16H20N2O3S/c1-10(2)17-14(19)13(8-9-22-3)18-15(20)11-6-4-5-7-12(11)16(18)21/h4-7,10,13H,8-9H2,1-3H3,(H,17,19). The van der Waals surface area contributed by atoms with Crippen LogP contribution in [0.5, 0.6) is 0 Å². The molecule has 1 aliphatic rings. The summed E-state index contributed by atoms with van der Waals surface area (Å²) in [4.78, 5) is 38.6. The quantitative estimate of drug-likeness (QED) is 0.813. The summed E-state index contributed by atoms with van der Waals surface area (Å²) in [5, 5.41) is 2.80. The van der Waals surface area contributed by atoms with Crippen LogP contribution < -0.4 is 5.32 Å². The zero-order valence-electron chi connectivity index (χ0n) is 13.0. The number of rotatable bonds is 6. The van der Waals surface area contributed by atoms with Crippen molar-refractivity contribution < 1.29 is 14.4 Å². The Kier molecular flexibility index (Phi) is 5.24. The molecule has 1 aromatic rings. The van der Waals surface area contributed by atoms with Crippen molar-refractivity contribution in [1.82, 2.24) is 10.2 Å². The van der Waals surface area contributed by atoms with Gasteiger partial charge in [-0.1, -0.05) is 12.1 Å². The largest absolute Gasteiger partial charge is 0.352 e. The number of carbonyl (C=O) groups excluding carboxylic acids is 3. The van der Waals surface area contributed by atoms with Crippen molar-refractivity contribution in [3.63, 3.8) is 0 Å². The highest BCUT2D eigenvalue weighted by molar-refractivity contribution is 7.98. The lowest BCUT2D eigenvalue weighted by atomic mass is 10.1. The van der Waals surface area contributed by atoms with E-state index in [9.17, 15) is 14.4 Å². The van der Waals surface area contributed by atoms with Gasteiger partial charge in [0.25, 0.3) is 11.8 Å². The summed E-state index contributed by atoms with van der Waals surface area (Å²) in [6.07, 6.45) is 2.38. The van der Waals surface area contributed by atoms with Crippen LogP contribution in [-0.4, -0.2) is 46.7 Å². The van der Waals surface area contributed by atoms with E-state index in [-0.39, 0.29) is 23.8 Å². The van der Waals surface area contributed by atoms with Crippen molar-refractivity contribution in [1.29, 1.82) is 0 Å². The Morgan fingerprint density at radius 2 is 1.73 bits per heavy atom. The van der Waals surface area contributed by atoms with Gasteiger partial charge < -0.3 is 5.32 Å². The molecule has 0 saturated carbocycles. The average Bonchev–Trinajstić information content (AvgIpc) is 2.72. The van der Waals surface area contributed by atoms with Crippen molar-refractivity contribution in [3.05, 3.63) is 35.4 Å². The second-order valence-electron chi connectivity index (χ2n) is 5.49. The number of hydrogen-bond acceptors (Lipinski definition) is 4. The van der Waals surface area contributed by atoms with E-state index in [0.717, 1.165) is 4.90 Å². The van der Waals surface area contributed by atoms with Gasteiger partial charge in [0.15, 0.2) is 0 Å². The summed E-state index contributed by atoms with van der Waals surface area (Å²) in [5.41, 5.74) is 0.748. The highest BCUT2D eigenvalue weighted by Gasteiger charge is 2.42. The molecule has 0 aromatic heterocycles. The third-order valence-electron chi connectivity index (χ3n) is 3.47. The Morgan fingerprint density at radius 3 is 2.18 bits per heavy atom. The molecule has 0 aliphatic carbocycles. The number of hydrogen-bond donors (Lipinski definition) is 1. The molecule has 1 heterocycles. The number of nitrogens with one attached hydrogen (secondary N) is 1. The van der Waals surface area contributed by atoms with Crippen LogP contribution in [0.3, 0.4) is 0 Å². The molecule has 1 aromatic carbocycles. The maximum Gasteiger partial charge on any atom is 0.262 e. The molecule has 0 spiro atoms. The number of imide groups is 1. The summed E-state index contributed by atoms with van der Waals surface area (Å²) < 4.78 is 0. The summed E-state index contributed by atoms with van der Waals surface area (Å²) in [6, 6.07) is 5.89. The first kappa shape index (κ1) is 16.5. The minimum Gasteiger partial charge on any atom is -0.352 e. The van der Waals surface area contributed by atoms with E-state index in [0.29, 0.717) is 23.3 Å². The van der Waals surface area contributed by atoms with Crippen LogP contribution >= 0.6 is 11.8 Å². The fourth-order valence-electron chi connectivity index (χ4n) is 2.48. The Morgan fingerprint density at radius 1 is 1.18 bits per heavy atom. The number of fused-ring (bicyclic) bond motifs is 1. The van der Waals surface area contributed by atoms with E-state index in [4.69, 9.17) is 0 Å². The van der Waals surface area contributed by atoms with Gasteiger partial charge in [0.2, 0.25) is 5.91 Å². The molecule has 1 atom stereocenters. The summed E-state index contributed by atoms with van der Waals surface area (Å²) >= 11 is 1.58. The highest BCUT2D eigenvalue weighted by Crippen LogP contribution is 2.26. The Labute approximate surface area is 134 Å². The minimum atomic E-state index is -0.762. The SMILES string of the molecule is CSCCC(C(=O)NC(C)C)N1C(=O)c2ccccc2C1=O. The summed E-state index contributed by atoms with van der Waals surface area (Å²) in [6.45, 7) is 3.71. The normalized spacial score (nSPS) is 15.2. The number of benzene rings is 1. The van der Waals surface area contributed by atoms with Crippen LogP contribution in [0.4, 0.5) is 0 Å². The number of amides is 3. The lowest BCUT2D eigenvalue weighted by Crippen LogP contribution is -2.51. The van der Waals surface area contributed by atoms with E-state index in [1.807, 2.05) is 20.1 Å². The molecule has 0 radical (unpaired) electrons. The molecule has 1 unspecified atom stereocenters. The van der Waals surface area contributed by atoms with Crippen molar-refractivity contribution in [2.24, 2.45) is 0 Å². The molecule has 0 bridgehead atoms. The van der Waals surface area contributed by atoms with Crippen molar-refractivity contribution in [2.75, 3.05) is 12.0 Å². The van der Waals surface area contributed by atoms with Gasteiger partial charge in [-0.2, -0.15) is 11.8 Å². The van der Waals surface area contributed by atoms with Gasteiger partial charge in [-0.15, -0.1) is 0 Å². The molecule has 0 fully saturated rings. The number of carbonyl (C=O) groups is 3. The third-order valence-corrected chi connectivity index (χ3v) is 4.11. The first-order valence-corrected chi connectivity index (χ1v) is 8.63. The van der Waals surface area contributed by atoms with Gasteiger partial charge in [0.1, 0.15) is 6.04 Å². The smallest absolute Gasteiger partial charge is 0.262 e. The fourth-order valence-corrected chi connectivity index (χ4v) is 2.94. The fraction of sp³-hybridized carbons (Fsp3) is 0.438. The average molecular weight is 320 g/mol. The maximum atomic E-state index is 12.5. The van der Waals surface area contributed by atoms with E-state index in [1.165, 1.54) is 0 Å². The van der Waals surface area contributed by atoms with Crippen molar-refractivity contribution >= 4 is 29.5 Å². The van der Waals surface area contributed by atoms with Crippen molar-refractivity contribution in [3.8, 4) is 0 Å². The summed E-state index contributed by atoms with van der Waals surface area (Å²) in [5.74, 6) is -0.349. The van der Waals surface area contributed by atoms with Gasteiger partial charge in [-0.25, -0.2) is 0 Å². The van der Waals surface area contributed by atoms with Crippen LogP contribution in [-0.2, 0) is 4.79 Å². The van der Waals surface area contributed by atoms with E-state index in [2.05, 4.69) is 5.32 Å².